The number of hydrogen-bond acceptors (Lipinski definition) is 3. The van der Waals surface area contributed by atoms with E-state index in [0.717, 1.165) is 25.2 Å². The zero-order valence-corrected chi connectivity index (χ0v) is 11.5. The topological polar surface area (TPSA) is 25.4 Å². The minimum absolute atomic E-state index is 0.262. The van der Waals surface area contributed by atoms with Gasteiger partial charge in [0.25, 0.3) is 0 Å². The lowest BCUT2D eigenvalue weighted by atomic mass is 10.2. The highest BCUT2D eigenvalue weighted by Crippen LogP contribution is 2.20. The van der Waals surface area contributed by atoms with E-state index in [-0.39, 0.29) is 12.2 Å². The quantitative estimate of drug-likeness (QED) is 0.776. The predicted molar refractivity (Wildman–Crippen MR) is 69.5 cm³/mol. The van der Waals surface area contributed by atoms with E-state index < -0.39 is 0 Å². The second kappa shape index (κ2) is 5.53. The lowest BCUT2D eigenvalue weighted by Gasteiger charge is -2.35. The van der Waals surface area contributed by atoms with E-state index in [4.69, 9.17) is 27.9 Å². The average Bonchev–Trinajstić information content (AvgIpc) is 2.21. The fourth-order valence-electron chi connectivity index (χ4n) is 2.21. The van der Waals surface area contributed by atoms with E-state index in [0.29, 0.717) is 10.3 Å². The highest BCUT2D eigenvalue weighted by molar-refractivity contribution is 6.32. The van der Waals surface area contributed by atoms with E-state index in [2.05, 4.69) is 23.7 Å². The van der Waals surface area contributed by atoms with Crippen LogP contribution in [0.3, 0.4) is 0 Å². The van der Waals surface area contributed by atoms with Gasteiger partial charge in [-0.1, -0.05) is 29.3 Å². The smallest absolute Gasteiger partial charge is 0.135 e. The fourth-order valence-corrected chi connectivity index (χ4v) is 2.62. The van der Waals surface area contributed by atoms with Gasteiger partial charge in [-0.25, -0.2) is 4.98 Å². The summed E-state index contributed by atoms with van der Waals surface area (Å²) >= 11 is 11.8. The average molecular weight is 275 g/mol. The molecule has 1 aliphatic heterocycles. The zero-order chi connectivity index (χ0) is 12.4. The molecule has 0 amide bonds. The number of halogens is 2. The first-order valence-corrected chi connectivity index (χ1v) is 6.49. The molecule has 0 unspecified atom stereocenters. The number of rotatable bonds is 2. The maximum Gasteiger partial charge on any atom is 0.135 e. The zero-order valence-electron chi connectivity index (χ0n) is 9.99. The maximum absolute atomic E-state index is 6.07. The largest absolute Gasteiger partial charge is 0.373 e. The number of nitrogens with zero attached hydrogens (tertiary/aromatic N) is 2. The van der Waals surface area contributed by atoms with Crippen molar-refractivity contribution >= 4 is 23.2 Å². The molecular formula is C12H16Cl2N2O. The summed E-state index contributed by atoms with van der Waals surface area (Å²) in [6.07, 6.45) is 0.524. The molecule has 0 bridgehead atoms. The van der Waals surface area contributed by atoms with Crippen LogP contribution in [0.25, 0.3) is 0 Å². The molecule has 17 heavy (non-hydrogen) atoms. The number of pyridine rings is 1. The van der Waals surface area contributed by atoms with Gasteiger partial charge in [0.2, 0.25) is 0 Å². The molecule has 2 heterocycles. The molecule has 1 fully saturated rings. The highest BCUT2D eigenvalue weighted by Gasteiger charge is 2.22. The van der Waals surface area contributed by atoms with Crippen LogP contribution < -0.4 is 0 Å². The van der Waals surface area contributed by atoms with Crippen molar-refractivity contribution in [1.82, 2.24) is 9.88 Å². The summed E-state index contributed by atoms with van der Waals surface area (Å²) in [7, 11) is 0. The van der Waals surface area contributed by atoms with Gasteiger partial charge in [0, 0.05) is 25.2 Å². The van der Waals surface area contributed by atoms with Crippen LogP contribution in [0.5, 0.6) is 0 Å². The normalized spacial score (nSPS) is 26.1. The Kier molecular flexibility index (Phi) is 4.26. The highest BCUT2D eigenvalue weighted by atomic mass is 35.5. The summed E-state index contributed by atoms with van der Waals surface area (Å²) < 4.78 is 5.69. The summed E-state index contributed by atoms with van der Waals surface area (Å²) in [4.78, 5) is 6.38. The molecule has 1 aromatic heterocycles. The van der Waals surface area contributed by atoms with Crippen LogP contribution in [0.15, 0.2) is 12.1 Å². The summed E-state index contributed by atoms with van der Waals surface area (Å²) in [5.41, 5.74) is 1.01. The van der Waals surface area contributed by atoms with Gasteiger partial charge in [-0.05, 0) is 19.9 Å². The van der Waals surface area contributed by atoms with E-state index in [9.17, 15) is 0 Å². The van der Waals surface area contributed by atoms with Crippen molar-refractivity contribution < 1.29 is 4.74 Å². The Morgan fingerprint density at radius 3 is 2.53 bits per heavy atom. The second-order valence-corrected chi connectivity index (χ2v) is 5.28. The Morgan fingerprint density at radius 1 is 1.29 bits per heavy atom. The van der Waals surface area contributed by atoms with Crippen molar-refractivity contribution in [3.05, 3.63) is 28.0 Å². The van der Waals surface area contributed by atoms with E-state index in [1.54, 1.807) is 6.07 Å². The molecule has 3 nitrogen and oxygen atoms in total. The molecule has 1 aliphatic rings. The van der Waals surface area contributed by atoms with Gasteiger partial charge in [0.05, 0.1) is 12.2 Å². The Balaban J connectivity index is 2.04. The van der Waals surface area contributed by atoms with E-state index >= 15 is 0 Å². The molecule has 5 heteroatoms. The molecule has 0 saturated carbocycles. The van der Waals surface area contributed by atoms with Gasteiger partial charge in [-0.3, -0.25) is 4.90 Å². The standard InChI is InChI=1S/C12H16Cl2N2O/c1-8-5-16(6-9(2)17-8)7-10-3-4-11(13)15-12(10)14/h3-4,8-9H,5-7H2,1-2H3/t8-,9+. The van der Waals surface area contributed by atoms with Crippen molar-refractivity contribution in [2.75, 3.05) is 13.1 Å². The lowest BCUT2D eigenvalue weighted by molar-refractivity contribution is -0.0705. The van der Waals surface area contributed by atoms with Gasteiger partial charge in [0.15, 0.2) is 0 Å². The minimum Gasteiger partial charge on any atom is -0.373 e. The molecule has 0 spiro atoms. The first-order chi connectivity index (χ1) is 8.04. The number of morpholine rings is 1. The third kappa shape index (κ3) is 3.55. The van der Waals surface area contributed by atoms with Crippen LogP contribution in [0, 0.1) is 0 Å². The number of aromatic nitrogens is 1. The monoisotopic (exact) mass is 274 g/mol. The minimum atomic E-state index is 0.262. The van der Waals surface area contributed by atoms with Gasteiger partial charge < -0.3 is 4.74 Å². The maximum atomic E-state index is 6.07. The molecule has 2 atom stereocenters. The van der Waals surface area contributed by atoms with Crippen molar-refractivity contribution in [1.29, 1.82) is 0 Å². The van der Waals surface area contributed by atoms with E-state index in [1.165, 1.54) is 0 Å². The van der Waals surface area contributed by atoms with Crippen molar-refractivity contribution in [2.24, 2.45) is 0 Å². The van der Waals surface area contributed by atoms with Gasteiger partial charge in [-0.2, -0.15) is 0 Å². The molecule has 0 aliphatic carbocycles. The van der Waals surface area contributed by atoms with Crippen LogP contribution >= 0.6 is 23.2 Å². The number of hydrogen-bond donors (Lipinski definition) is 0. The molecule has 0 radical (unpaired) electrons. The Labute approximate surface area is 112 Å². The van der Waals surface area contributed by atoms with Crippen molar-refractivity contribution in [3.63, 3.8) is 0 Å². The summed E-state index contributed by atoms with van der Waals surface area (Å²) in [6.45, 7) is 6.81. The second-order valence-electron chi connectivity index (χ2n) is 4.54. The van der Waals surface area contributed by atoms with Crippen LogP contribution in [0.2, 0.25) is 10.3 Å². The van der Waals surface area contributed by atoms with Gasteiger partial charge >= 0.3 is 0 Å². The van der Waals surface area contributed by atoms with Gasteiger partial charge in [0.1, 0.15) is 10.3 Å². The summed E-state index contributed by atoms with van der Waals surface area (Å²) in [5.74, 6) is 0. The molecule has 0 N–H and O–H groups in total. The SMILES string of the molecule is C[C@@H]1CN(Cc2ccc(Cl)nc2Cl)C[C@H](C)O1. The third-order valence-electron chi connectivity index (χ3n) is 2.78. The van der Waals surface area contributed by atoms with Crippen molar-refractivity contribution in [3.8, 4) is 0 Å². The van der Waals surface area contributed by atoms with Crippen LogP contribution in [0.1, 0.15) is 19.4 Å². The Hall–Kier alpha value is -0.350. The molecular weight excluding hydrogens is 259 g/mol. The number of ether oxygens (including phenoxy) is 1. The molecule has 2 rings (SSSR count). The summed E-state index contributed by atoms with van der Waals surface area (Å²) in [5, 5.41) is 0.923. The summed E-state index contributed by atoms with van der Waals surface area (Å²) in [6, 6.07) is 3.71. The molecule has 1 aromatic rings. The third-order valence-corrected chi connectivity index (χ3v) is 3.32. The van der Waals surface area contributed by atoms with Crippen LogP contribution in [-0.4, -0.2) is 35.2 Å². The first kappa shape index (κ1) is 13.1. The Bertz CT molecular complexity index is 390. The van der Waals surface area contributed by atoms with Crippen molar-refractivity contribution in [2.45, 2.75) is 32.6 Å². The van der Waals surface area contributed by atoms with E-state index in [1.807, 2.05) is 6.07 Å². The molecule has 94 valence electrons. The lowest BCUT2D eigenvalue weighted by Crippen LogP contribution is -2.44. The Morgan fingerprint density at radius 2 is 1.94 bits per heavy atom. The fraction of sp³-hybridized carbons (Fsp3) is 0.583. The van der Waals surface area contributed by atoms with Crippen LogP contribution in [0.4, 0.5) is 0 Å². The first-order valence-electron chi connectivity index (χ1n) is 5.73. The molecule has 0 aromatic carbocycles. The van der Waals surface area contributed by atoms with Crippen LogP contribution in [-0.2, 0) is 11.3 Å². The van der Waals surface area contributed by atoms with Gasteiger partial charge in [-0.15, -0.1) is 0 Å². The predicted octanol–water partition coefficient (Wildman–Crippen LogP) is 3.00. The molecule has 1 saturated heterocycles.